The minimum absolute atomic E-state index is 0. The molecule has 0 aliphatic carbocycles. The van der Waals surface area contributed by atoms with E-state index >= 15 is 0 Å². The quantitative estimate of drug-likeness (QED) is 0.229. The molecule has 0 bridgehead atoms. The average Bonchev–Trinajstić information content (AvgIpc) is 2.67. The number of halogens is 1. The molecule has 1 aromatic rings. The second kappa shape index (κ2) is 15.1. The summed E-state index contributed by atoms with van der Waals surface area (Å²) in [5.74, 6) is 0.893. The van der Waals surface area contributed by atoms with Crippen LogP contribution in [0, 0.1) is 0 Å². The van der Waals surface area contributed by atoms with Gasteiger partial charge < -0.3 is 20.1 Å². The van der Waals surface area contributed by atoms with Crippen molar-refractivity contribution in [1.82, 2.24) is 15.5 Å². The Morgan fingerprint density at radius 2 is 1.89 bits per heavy atom. The van der Waals surface area contributed by atoms with Gasteiger partial charge in [-0.1, -0.05) is 30.3 Å². The van der Waals surface area contributed by atoms with Crippen LogP contribution in [0.5, 0.6) is 0 Å². The Labute approximate surface area is 181 Å². The maximum Gasteiger partial charge on any atom is 0.191 e. The topological polar surface area (TPSA) is 58.1 Å². The van der Waals surface area contributed by atoms with Gasteiger partial charge in [0, 0.05) is 39.3 Å². The van der Waals surface area contributed by atoms with Crippen LogP contribution in [0.15, 0.2) is 35.3 Å². The number of aliphatic imine (C=N–C) groups is 1. The molecule has 27 heavy (non-hydrogen) atoms. The minimum Gasteiger partial charge on any atom is -0.382 e. The van der Waals surface area contributed by atoms with E-state index in [4.69, 9.17) is 9.47 Å². The van der Waals surface area contributed by atoms with Crippen molar-refractivity contribution in [3.8, 4) is 0 Å². The lowest BCUT2D eigenvalue weighted by atomic mass is 10.0. The maximum absolute atomic E-state index is 5.47. The molecule has 0 unspecified atom stereocenters. The summed E-state index contributed by atoms with van der Waals surface area (Å²) in [5, 5.41) is 6.90. The maximum atomic E-state index is 5.47. The Hall–Kier alpha value is -0.900. The SMILES string of the molecule is CCNC(=NCCOCCOC)NC1CCN(Cc2ccccc2)CC1.I. The Morgan fingerprint density at radius 3 is 2.56 bits per heavy atom. The van der Waals surface area contributed by atoms with Gasteiger partial charge in [0.25, 0.3) is 0 Å². The number of piperidine rings is 1. The summed E-state index contributed by atoms with van der Waals surface area (Å²) in [5.41, 5.74) is 1.39. The minimum atomic E-state index is 0. The third-order valence-corrected chi connectivity index (χ3v) is 4.46. The first-order chi connectivity index (χ1) is 12.8. The van der Waals surface area contributed by atoms with Crippen LogP contribution in [0.3, 0.4) is 0 Å². The van der Waals surface area contributed by atoms with Crippen molar-refractivity contribution in [2.24, 2.45) is 4.99 Å². The third kappa shape index (κ3) is 10.3. The summed E-state index contributed by atoms with van der Waals surface area (Å²) < 4.78 is 10.4. The van der Waals surface area contributed by atoms with Gasteiger partial charge in [-0.05, 0) is 25.3 Å². The monoisotopic (exact) mass is 490 g/mol. The van der Waals surface area contributed by atoms with Gasteiger partial charge in [-0.15, -0.1) is 24.0 Å². The first kappa shape index (κ1) is 24.1. The molecular formula is C20H35IN4O2. The van der Waals surface area contributed by atoms with E-state index in [9.17, 15) is 0 Å². The van der Waals surface area contributed by atoms with E-state index in [1.54, 1.807) is 7.11 Å². The largest absolute Gasteiger partial charge is 0.382 e. The van der Waals surface area contributed by atoms with Crippen molar-refractivity contribution in [2.75, 3.05) is 53.1 Å². The Kier molecular flexibility index (Phi) is 13.5. The van der Waals surface area contributed by atoms with E-state index in [1.165, 1.54) is 5.56 Å². The number of methoxy groups -OCH3 is 1. The lowest BCUT2D eigenvalue weighted by Gasteiger charge is -2.33. The zero-order chi connectivity index (χ0) is 18.5. The van der Waals surface area contributed by atoms with Crippen molar-refractivity contribution in [2.45, 2.75) is 32.4 Å². The van der Waals surface area contributed by atoms with E-state index in [-0.39, 0.29) is 24.0 Å². The van der Waals surface area contributed by atoms with E-state index in [0.717, 1.165) is 45.0 Å². The van der Waals surface area contributed by atoms with E-state index in [1.807, 2.05) is 0 Å². The van der Waals surface area contributed by atoms with Crippen LogP contribution in [0.25, 0.3) is 0 Å². The van der Waals surface area contributed by atoms with Gasteiger partial charge in [0.05, 0.1) is 26.4 Å². The predicted molar refractivity (Wildman–Crippen MR) is 122 cm³/mol. The van der Waals surface area contributed by atoms with Crippen LogP contribution in [-0.2, 0) is 16.0 Å². The van der Waals surface area contributed by atoms with Gasteiger partial charge in [0.15, 0.2) is 5.96 Å². The van der Waals surface area contributed by atoms with E-state index < -0.39 is 0 Å². The van der Waals surface area contributed by atoms with Gasteiger partial charge in [-0.3, -0.25) is 9.89 Å². The molecule has 0 radical (unpaired) electrons. The lowest BCUT2D eigenvalue weighted by Crippen LogP contribution is -2.48. The highest BCUT2D eigenvalue weighted by atomic mass is 127. The summed E-state index contributed by atoms with van der Waals surface area (Å²) >= 11 is 0. The molecule has 6 nitrogen and oxygen atoms in total. The highest BCUT2D eigenvalue weighted by Crippen LogP contribution is 2.13. The molecular weight excluding hydrogens is 455 g/mol. The number of likely N-dealkylation sites (tertiary alicyclic amines) is 1. The van der Waals surface area contributed by atoms with Crippen molar-refractivity contribution >= 4 is 29.9 Å². The predicted octanol–water partition coefficient (Wildman–Crippen LogP) is 2.49. The molecule has 1 heterocycles. The Bertz CT molecular complexity index is 508. The standard InChI is InChI=1S/C20H34N4O2.HI/c1-3-21-20(22-11-14-26-16-15-25-2)23-19-9-12-24(13-10-19)17-18-7-5-4-6-8-18;/h4-8,19H,3,9-17H2,1-2H3,(H2,21,22,23);1H. The van der Waals surface area contributed by atoms with Crippen molar-refractivity contribution < 1.29 is 9.47 Å². The summed E-state index contributed by atoms with van der Waals surface area (Å²) in [6, 6.07) is 11.2. The number of benzene rings is 1. The molecule has 1 aliphatic rings. The van der Waals surface area contributed by atoms with Gasteiger partial charge in [0.2, 0.25) is 0 Å². The summed E-state index contributed by atoms with van der Waals surface area (Å²) in [6.45, 7) is 8.76. The van der Waals surface area contributed by atoms with Crippen LogP contribution < -0.4 is 10.6 Å². The molecule has 154 valence electrons. The number of hydrogen-bond donors (Lipinski definition) is 2. The Balaban J connectivity index is 0.00000364. The number of nitrogens with one attached hydrogen (secondary N) is 2. The third-order valence-electron chi connectivity index (χ3n) is 4.46. The fraction of sp³-hybridized carbons (Fsp3) is 0.650. The van der Waals surface area contributed by atoms with Crippen LogP contribution >= 0.6 is 24.0 Å². The normalized spacial score (nSPS) is 16.0. The molecule has 0 amide bonds. The summed E-state index contributed by atoms with van der Waals surface area (Å²) in [4.78, 5) is 7.14. The molecule has 1 fully saturated rings. The van der Waals surface area contributed by atoms with Gasteiger partial charge in [-0.25, -0.2) is 0 Å². The molecule has 0 atom stereocenters. The van der Waals surface area contributed by atoms with Crippen LogP contribution in [0.2, 0.25) is 0 Å². The van der Waals surface area contributed by atoms with Crippen LogP contribution in [0.4, 0.5) is 0 Å². The van der Waals surface area contributed by atoms with Crippen molar-refractivity contribution in [1.29, 1.82) is 0 Å². The fourth-order valence-electron chi connectivity index (χ4n) is 3.06. The molecule has 7 heteroatoms. The summed E-state index contributed by atoms with van der Waals surface area (Å²) in [7, 11) is 1.68. The van der Waals surface area contributed by atoms with Crippen LogP contribution in [-0.4, -0.2) is 70.0 Å². The first-order valence-electron chi connectivity index (χ1n) is 9.69. The molecule has 2 rings (SSSR count). The number of guanidine groups is 1. The fourth-order valence-corrected chi connectivity index (χ4v) is 3.06. The second-order valence-corrected chi connectivity index (χ2v) is 6.55. The molecule has 1 aliphatic heterocycles. The highest BCUT2D eigenvalue weighted by Gasteiger charge is 2.19. The smallest absolute Gasteiger partial charge is 0.191 e. The summed E-state index contributed by atoms with van der Waals surface area (Å²) in [6.07, 6.45) is 2.28. The van der Waals surface area contributed by atoms with Gasteiger partial charge >= 0.3 is 0 Å². The Morgan fingerprint density at radius 1 is 1.15 bits per heavy atom. The zero-order valence-corrected chi connectivity index (χ0v) is 19.0. The van der Waals surface area contributed by atoms with E-state index in [2.05, 4.69) is 57.8 Å². The van der Waals surface area contributed by atoms with E-state index in [0.29, 0.717) is 32.4 Å². The van der Waals surface area contributed by atoms with Gasteiger partial charge in [-0.2, -0.15) is 0 Å². The second-order valence-electron chi connectivity index (χ2n) is 6.55. The molecule has 1 aromatic carbocycles. The van der Waals surface area contributed by atoms with Crippen molar-refractivity contribution in [3.63, 3.8) is 0 Å². The molecule has 2 N–H and O–H groups in total. The first-order valence-corrected chi connectivity index (χ1v) is 9.69. The number of nitrogens with zero attached hydrogens (tertiary/aromatic N) is 2. The molecule has 0 aromatic heterocycles. The average molecular weight is 490 g/mol. The lowest BCUT2D eigenvalue weighted by molar-refractivity contribution is 0.0748. The number of rotatable bonds is 10. The number of hydrogen-bond acceptors (Lipinski definition) is 4. The molecule has 0 saturated carbocycles. The number of ether oxygens (including phenoxy) is 2. The molecule has 0 spiro atoms. The van der Waals surface area contributed by atoms with Gasteiger partial charge in [0.1, 0.15) is 0 Å². The molecule has 1 saturated heterocycles. The van der Waals surface area contributed by atoms with Crippen LogP contribution in [0.1, 0.15) is 25.3 Å². The van der Waals surface area contributed by atoms with Crippen molar-refractivity contribution in [3.05, 3.63) is 35.9 Å². The highest BCUT2D eigenvalue weighted by molar-refractivity contribution is 14.0. The zero-order valence-electron chi connectivity index (χ0n) is 16.7.